The summed E-state index contributed by atoms with van der Waals surface area (Å²) >= 11 is 0. The molecule has 0 saturated carbocycles. The normalized spacial score (nSPS) is 23.6. The molecule has 1 fully saturated rings. The lowest BCUT2D eigenvalue weighted by molar-refractivity contribution is -0.126. The van der Waals surface area contributed by atoms with Crippen molar-refractivity contribution < 1.29 is 14.6 Å². The van der Waals surface area contributed by atoms with Crippen molar-refractivity contribution in [3.8, 4) is 0 Å². The van der Waals surface area contributed by atoms with Crippen LogP contribution in [0.4, 0.5) is 5.69 Å². The summed E-state index contributed by atoms with van der Waals surface area (Å²) in [6.45, 7) is 1.99. The van der Waals surface area contributed by atoms with Gasteiger partial charge in [-0.1, -0.05) is 12.1 Å². The van der Waals surface area contributed by atoms with E-state index in [0.717, 1.165) is 24.1 Å². The van der Waals surface area contributed by atoms with Crippen molar-refractivity contribution in [1.29, 1.82) is 0 Å². The number of nitrogens with one attached hydrogen (secondary N) is 1. The average Bonchev–Trinajstić information content (AvgIpc) is 2.77. The third kappa shape index (κ3) is 3.05. The molecule has 1 amide bonds. The zero-order valence-electron chi connectivity index (χ0n) is 9.85. The van der Waals surface area contributed by atoms with E-state index in [4.69, 9.17) is 9.84 Å². The third-order valence-corrected chi connectivity index (χ3v) is 2.93. The predicted octanol–water partition coefficient (Wildman–Crippen LogP) is 1.68. The molecule has 0 aliphatic carbocycles. The number of anilines is 1. The highest BCUT2D eigenvalue weighted by Gasteiger charge is 2.27. The Labute approximate surface area is 101 Å². The van der Waals surface area contributed by atoms with Crippen LogP contribution in [0.1, 0.15) is 25.3 Å². The van der Waals surface area contributed by atoms with Crippen LogP contribution in [-0.2, 0) is 16.1 Å². The topological polar surface area (TPSA) is 58.6 Å². The van der Waals surface area contributed by atoms with E-state index in [9.17, 15) is 4.79 Å². The summed E-state index contributed by atoms with van der Waals surface area (Å²) in [6.07, 6.45) is 1.55. The smallest absolute Gasteiger partial charge is 0.253 e. The molecule has 0 aromatic heterocycles. The summed E-state index contributed by atoms with van der Waals surface area (Å²) in [7, 11) is 0. The molecule has 2 atom stereocenters. The van der Waals surface area contributed by atoms with Gasteiger partial charge in [0.05, 0.1) is 12.7 Å². The molecule has 4 nitrogen and oxygen atoms in total. The van der Waals surface area contributed by atoms with Gasteiger partial charge in [-0.25, -0.2) is 0 Å². The highest BCUT2D eigenvalue weighted by atomic mass is 16.5. The minimum absolute atomic E-state index is 0.0114. The lowest BCUT2D eigenvalue weighted by atomic mass is 10.2. The molecule has 1 aromatic rings. The molecule has 1 aliphatic rings. The van der Waals surface area contributed by atoms with E-state index >= 15 is 0 Å². The van der Waals surface area contributed by atoms with Gasteiger partial charge in [-0.05, 0) is 37.5 Å². The summed E-state index contributed by atoms with van der Waals surface area (Å²) in [5, 5.41) is 11.7. The number of carbonyl (C=O) groups excluding carboxylic acids is 1. The van der Waals surface area contributed by atoms with Crippen LogP contribution in [0.3, 0.4) is 0 Å². The Balaban J connectivity index is 1.93. The Morgan fingerprint density at radius 3 is 2.65 bits per heavy atom. The van der Waals surface area contributed by atoms with Crippen LogP contribution in [0.25, 0.3) is 0 Å². The van der Waals surface area contributed by atoms with Crippen molar-refractivity contribution in [2.45, 2.75) is 38.6 Å². The Morgan fingerprint density at radius 2 is 2.12 bits per heavy atom. The van der Waals surface area contributed by atoms with Crippen LogP contribution in [0.15, 0.2) is 24.3 Å². The number of aliphatic hydroxyl groups is 1. The van der Waals surface area contributed by atoms with E-state index in [-0.39, 0.29) is 24.7 Å². The lowest BCUT2D eigenvalue weighted by Crippen LogP contribution is -2.27. The lowest BCUT2D eigenvalue weighted by Gasteiger charge is -2.11. The molecular weight excluding hydrogens is 218 g/mol. The minimum Gasteiger partial charge on any atom is -0.392 e. The van der Waals surface area contributed by atoms with Crippen LogP contribution in [0.5, 0.6) is 0 Å². The van der Waals surface area contributed by atoms with Crippen molar-refractivity contribution in [2.75, 3.05) is 5.32 Å². The first-order valence-electron chi connectivity index (χ1n) is 5.85. The number of rotatable bonds is 3. The fourth-order valence-electron chi connectivity index (χ4n) is 1.91. The second kappa shape index (κ2) is 5.29. The fraction of sp³-hybridized carbons (Fsp3) is 0.462. The molecule has 1 heterocycles. The molecule has 4 heteroatoms. The average molecular weight is 235 g/mol. The molecule has 0 bridgehead atoms. The van der Waals surface area contributed by atoms with Gasteiger partial charge >= 0.3 is 0 Å². The maximum absolute atomic E-state index is 11.8. The van der Waals surface area contributed by atoms with Gasteiger partial charge in [-0.15, -0.1) is 0 Å². The van der Waals surface area contributed by atoms with Gasteiger partial charge in [-0.2, -0.15) is 0 Å². The number of carbonyl (C=O) groups is 1. The molecule has 0 spiro atoms. The number of hydrogen-bond acceptors (Lipinski definition) is 3. The summed E-state index contributed by atoms with van der Waals surface area (Å²) in [4.78, 5) is 11.8. The minimum atomic E-state index is -0.331. The SMILES string of the molecule is CC1CCC(C(=O)Nc2ccc(CO)cc2)O1. The van der Waals surface area contributed by atoms with Crippen molar-refractivity contribution in [3.05, 3.63) is 29.8 Å². The number of amides is 1. The van der Waals surface area contributed by atoms with E-state index in [2.05, 4.69) is 5.32 Å². The second-order valence-corrected chi connectivity index (χ2v) is 4.36. The first-order chi connectivity index (χ1) is 8.19. The van der Waals surface area contributed by atoms with Gasteiger partial charge in [0.2, 0.25) is 0 Å². The van der Waals surface area contributed by atoms with Crippen LogP contribution >= 0.6 is 0 Å². The molecule has 1 saturated heterocycles. The number of ether oxygens (including phenoxy) is 1. The van der Waals surface area contributed by atoms with E-state index in [1.165, 1.54) is 0 Å². The van der Waals surface area contributed by atoms with Crippen LogP contribution in [0.2, 0.25) is 0 Å². The molecule has 1 aromatic carbocycles. The van der Waals surface area contributed by atoms with Gasteiger partial charge in [0.15, 0.2) is 0 Å². The highest BCUT2D eigenvalue weighted by molar-refractivity contribution is 5.94. The second-order valence-electron chi connectivity index (χ2n) is 4.36. The molecule has 2 N–H and O–H groups in total. The first kappa shape index (κ1) is 12.1. The standard InChI is InChI=1S/C13H17NO3/c1-9-2-7-12(17-9)13(16)14-11-5-3-10(8-15)4-6-11/h3-6,9,12,15H,2,7-8H2,1H3,(H,14,16). The zero-order valence-corrected chi connectivity index (χ0v) is 9.85. The van der Waals surface area contributed by atoms with Gasteiger partial charge in [0.1, 0.15) is 6.10 Å². The maximum Gasteiger partial charge on any atom is 0.253 e. The Kier molecular flexibility index (Phi) is 3.76. The monoisotopic (exact) mass is 235 g/mol. The molecule has 17 heavy (non-hydrogen) atoms. The van der Waals surface area contributed by atoms with Crippen LogP contribution in [-0.4, -0.2) is 23.2 Å². The number of benzene rings is 1. The largest absolute Gasteiger partial charge is 0.392 e. The third-order valence-electron chi connectivity index (χ3n) is 2.93. The van der Waals surface area contributed by atoms with E-state index < -0.39 is 0 Å². The Morgan fingerprint density at radius 1 is 1.41 bits per heavy atom. The Bertz CT molecular complexity index is 388. The summed E-state index contributed by atoms with van der Waals surface area (Å²) in [5.74, 6) is -0.0916. The number of hydrogen-bond donors (Lipinski definition) is 2. The quantitative estimate of drug-likeness (QED) is 0.838. The van der Waals surface area contributed by atoms with Crippen molar-refractivity contribution in [1.82, 2.24) is 0 Å². The Hall–Kier alpha value is -1.39. The van der Waals surface area contributed by atoms with Gasteiger partial charge in [-0.3, -0.25) is 4.79 Å². The first-order valence-corrected chi connectivity index (χ1v) is 5.85. The predicted molar refractivity (Wildman–Crippen MR) is 64.6 cm³/mol. The summed E-state index contributed by atoms with van der Waals surface area (Å²) < 4.78 is 5.49. The molecule has 2 rings (SSSR count). The summed E-state index contributed by atoms with van der Waals surface area (Å²) in [5.41, 5.74) is 1.56. The molecule has 92 valence electrons. The van der Waals surface area contributed by atoms with Crippen LogP contribution in [0, 0.1) is 0 Å². The molecule has 1 aliphatic heterocycles. The molecule has 2 unspecified atom stereocenters. The van der Waals surface area contributed by atoms with Crippen molar-refractivity contribution >= 4 is 11.6 Å². The van der Waals surface area contributed by atoms with E-state index in [1.54, 1.807) is 24.3 Å². The van der Waals surface area contributed by atoms with E-state index in [0.29, 0.717) is 0 Å². The van der Waals surface area contributed by atoms with Crippen molar-refractivity contribution in [2.24, 2.45) is 0 Å². The van der Waals surface area contributed by atoms with Gasteiger partial charge in [0, 0.05) is 5.69 Å². The number of aliphatic hydroxyl groups excluding tert-OH is 1. The zero-order chi connectivity index (χ0) is 12.3. The van der Waals surface area contributed by atoms with Crippen molar-refractivity contribution in [3.63, 3.8) is 0 Å². The van der Waals surface area contributed by atoms with E-state index in [1.807, 2.05) is 6.92 Å². The molecular formula is C13H17NO3. The molecule has 0 radical (unpaired) electrons. The van der Waals surface area contributed by atoms with Gasteiger partial charge in [0.25, 0.3) is 5.91 Å². The highest BCUT2D eigenvalue weighted by Crippen LogP contribution is 2.20. The summed E-state index contributed by atoms with van der Waals surface area (Å²) in [6, 6.07) is 7.13. The fourth-order valence-corrected chi connectivity index (χ4v) is 1.91. The maximum atomic E-state index is 11.8. The van der Waals surface area contributed by atoms with Crippen LogP contribution < -0.4 is 5.32 Å². The van der Waals surface area contributed by atoms with Gasteiger partial charge < -0.3 is 15.2 Å².